The fraction of sp³-hybridized carbons (Fsp3) is 0.435. The first-order chi connectivity index (χ1) is 14.1. The number of aryl methyl sites for hydroxylation is 2. The summed E-state index contributed by atoms with van der Waals surface area (Å²) in [6.07, 6.45) is 11.1. The van der Waals surface area contributed by atoms with E-state index in [0.29, 0.717) is 31.4 Å². The lowest BCUT2D eigenvalue weighted by Crippen LogP contribution is -2.25. The largest absolute Gasteiger partial charge is 0.356 e. The Labute approximate surface area is 170 Å². The number of rotatable bonds is 7. The number of amides is 1. The van der Waals surface area contributed by atoms with E-state index in [-0.39, 0.29) is 11.5 Å². The lowest BCUT2D eigenvalue weighted by atomic mass is 9.97. The normalized spacial score (nSPS) is 14.3. The molecule has 0 saturated carbocycles. The Morgan fingerprint density at radius 1 is 1.21 bits per heavy atom. The maximum atomic E-state index is 12.7. The van der Waals surface area contributed by atoms with Crippen LogP contribution in [0.4, 0.5) is 0 Å². The molecule has 6 heteroatoms. The van der Waals surface area contributed by atoms with Gasteiger partial charge in [0, 0.05) is 42.8 Å². The maximum Gasteiger partial charge on any atom is 0.291 e. The Morgan fingerprint density at radius 2 is 2.07 bits per heavy atom. The molecule has 0 radical (unpaired) electrons. The van der Waals surface area contributed by atoms with Crippen molar-refractivity contribution >= 4 is 27.7 Å². The predicted octanol–water partition coefficient (Wildman–Crippen LogP) is 3.68. The van der Waals surface area contributed by atoms with Crippen molar-refractivity contribution in [3.63, 3.8) is 0 Å². The predicted molar refractivity (Wildman–Crippen MR) is 116 cm³/mol. The zero-order valence-corrected chi connectivity index (χ0v) is 17.0. The van der Waals surface area contributed by atoms with Gasteiger partial charge in [-0.15, -0.1) is 0 Å². The van der Waals surface area contributed by atoms with E-state index in [1.54, 1.807) is 13.2 Å². The van der Waals surface area contributed by atoms with Crippen LogP contribution in [-0.4, -0.2) is 26.8 Å². The van der Waals surface area contributed by atoms with Gasteiger partial charge in [-0.05, 0) is 44.6 Å². The monoisotopic (exact) mass is 392 g/mol. The minimum absolute atomic E-state index is 0.0803. The number of hydrogen-bond acceptors (Lipinski definition) is 3. The number of allylic oxidation sites excluding steroid dienone is 1. The summed E-state index contributed by atoms with van der Waals surface area (Å²) in [6.45, 7) is 1.34. The van der Waals surface area contributed by atoms with Crippen LogP contribution in [0.3, 0.4) is 0 Å². The average molecular weight is 393 g/mol. The highest BCUT2D eigenvalue weighted by molar-refractivity contribution is 6.07. The molecule has 3 aromatic rings. The minimum Gasteiger partial charge on any atom is -0.356 e. The molecule has 1 amide bonds. The number of nitrogens with one attached hydrogen (secondary N) is 1. The topological polar surface area (TPSA) is 68.9 Å². The van der Waals surface area contributed by atoms with Crippen molar-refractivity contribution in [3.8, 4) is 0 Å². The number of aromatic nitrogens is 3. The molecule has 1 N–H and O–H groups in total. The molecule has 152 valence electrons. The molecule has 4 rings (SSSR count). The molecule has 1 aliphatic carbocycles. The van der Waals surface area contributed by atoms with Crippen molar-refractivity contribution in [3.05, 3.63) is 52.5 Å². The molecular formula is C23H28N4O2. The Kier molecular flexibility index (Phi) is 5.79. The Balaban J connectivity index is 1.41. The summed E-state index contributed by atoms with van der Waals surface area (Å²) in [4.78, 5) is 24.9. The number of carbonyl (C=O) groups is 1. The van der Waals surface area contributed by atoms with E-state index in [9.17, 15) is 9.59 Å². The molecule has 0 atom stereocenters. The van der Waals surface area contributed by atoms with Crippen LogP contribution in [0.5, 0.6) is 0 Å². The van der Waals surface area contributed by atoms with Crippen LogP contribution in [0, 0.1) is 0 Å². The highest BCUT2D eigenvalue weighted by atomic mass is 16.1. The van der Waals surface area contributed by atoms with Gasteiger partial charge in [0.05, 0.1) is 6.20 Å². The lowest BCUT2D eigenvalue weighted by Gasteiger charge is -2.13. The average Bonchev–Trinajstić information content (AvgIpc) is 3.06. The lowest BCUT2D eigenvalue weighted by molar-refractivity contribution is -0.121. The first-order valence-corrected chi connectivity index (χ1v) is 10.5. The van der Waals surface area contributed by atoms with Crippen molar-refractivity contribution in [2.45, 2.75) is 51.5 Å². The molecular weight excluding hydrogens is 364 g/mol. The van der Waals surface area contributed by atoms with E-state index in [1.165, 1.54) is 35.9 Å². The Bertz CT molecular complexity index is 1120. The molecule has 0 bridgehead atoms. The zero-order valence-electron chi connectivity index (χ0n) is 17.0. The number of nitrogens with zero attached hydrogens (tertiary/aromatic N) is 3. The van der Waals surface area contributed by atoms with Gasteiger partial charge in [-0.25, -0.2) is 4.68 Å². The molecule has 0 unspecified atom stereocenters. The second kappa shape index (κ2) is 8.64. The third kappa shape index (κ3) is 4.11. The van der Waals surface area contributed by atoms with E-state index in [0.717, 1.165) is 22.7 Å². The molecule has 2 heterocycles. The molecule has 2 aromatic heterocycles. The van der Waals surface area contributed by atoms with E-state index in [1.807, 2.05) is 28.8 Å². The van der Waals surface area contributed by atoms with Crippen LogP contribution in [0.15, 0.2) is 46.9 Å². The maximum absolute atomic E-state index is 12.7. The first kappa shape index (κ1) is 19.4. The van der Waals surface area contributed by atoms with E-state index in [4.69, 9.17) is 0 Å². The van der Waals surface area contributed by atoms with Gasteiger partial charge < -0.3 is 9.88 Å². The third-order valence-electron chi connectivity index (χ3n) is 5.81. The summed E-state index contributed by atoms with van der Waals surface area (Å²) in [5.41, 5.74) is 3.04. The molecule has 6 nitrogen and oxygen atoms in total. The summed E-state index contributed by atoms with van der Waals surface area (Å²) in [6, 6.07) is 7.98. The number of hydrogen-bond donors (Lipinski definition) is 1. The van der Waals surface area contributed by atoms with Crippen molar-refractivity contribution in [2.75, 3.05) is 6.54 Å². The van der Waals surface area contributed by atoms with Gasteiger partial charge in [0.25, 0.3) is 5.56 Å². The van der Waals surface area contributed by atoms with Gasteiger partial charge in [-0.1, -0.05) is 29.8 Å². The van der Waals surface area contributed by atoms with Crippen LogP contribution in [0.1, 0.15) is 44.9 Å². The molecule has 0 aliphatic heterocycles. The van der Waals surface area contributed by atoms with Gasteiger partial charge >= 0.3 is 0 Å². The van der Waals surface area contributed by atoms with E-state index in [2.05, 4.69) is 16.5 Å². The van der Waals surface area contributed by atoms with Crippen LogP contribution >= 0.6 is 0 Å². The number of para-hydroxylation sites is 1. The molecule has 1 aliphatic rings. The van der Waals surface area contributed by atoms with Gasteiger partial charge in [-0.2, -0.15) is 5.10 Å². The van der Waals surface area contributed by atoms with Gasteiger partial charge in [0.2, 0.25) is 5.91 Å². The summed E-state index contributed by atoms with van der Waals surface area (Å²) in [5, 5.41) is 9.11. The van der Waals surface area contributed by atoms with Crippen molar-refractivity contribution in [2.24, 2.45) is 7.05 Å². The fourth-order valence-corrected chi connectivity index (χ4v) is 4.25. The summed E-state index contributed by atoms with van der Waals surface area (Å²) in [7, 11) is 1.67. The van der Waals surface area contributed by atoms with Crippen LogP contribution in [-0.2, 0) is 18.4 Å². The highest BCUT2D eigenvalue weighted by Gasteiger charge is 2.15. The fourth-order valence-electron chi connectivity index (χ4n) is 4.25. The quantitative estimate of drug-likeness (QED) is 0.624. The van der Waals surface area contributed by atoms with Crippen molar-refractivity contribution in [1.82, 2.24) is 19.7 Å². The third-order valence-corrected chi connectivity index (χ3v) is 5.81. The molecule has 0 fully saturated rings. The summed E-state index contributed by atoms with van der Waals surface area (Å²) >= 11 is 0. The smallest absolute Gasteiger partial charge is 0.291 e. The van der Waals surface area contributed by atoms with Crippen LogP contribution < -0.4 is 10.9 Å². The van der Waals surface area contributed by atoms with Crippen molar-refractivity contribution in [1.29, 1.82) is 0 Å². The van der Waals surface area contributed by atoms with E-state index >= 15 is 0 Å². The summed E-state index contributed by atoms with van der Waals surface area (Å²) < 4.78 is 3.40. The van der Waals surface area contributed by atoms with Gasteiger partial charge in [0.15, 0.2) is 0 Å². The number of fused-ring (bicyclic) bond motifs is 3. The molecule has 0 spiro atoms. The highest BCUT2D eigenvalue weighted by Crippen LogP contribution is 2.26. The van der Waals surface area contributed by atoms with Crippen molar-refractivity contribution < 1.29 is 4.79 Å². The Hall–Kier alpha value is -2.89. The number of carbonyl (C=O) groups excluding carboxylic acids is 1. The van der Waals surface area contributed by atoms with Gasteiger partial charge in [-0.3, -0.25) is 9.59 Å². The minimum atomic E-state index is -0.107. The molecule has 0 saturated heterocycles. The zero-order chi connectivity index (χ0) is 20.2. The van der Waals surface area contributed by atoms with Crippen LogP contribution in [0.25, 0.3) is 21.8 Å². The second-order valence-electron chi connectivity index (χ2n) is 7.82. The molecule has 29 heavy (non-hydrogen) atoms. The van der Waals surface area contributed by atoms with Crippen LogP contribution in [0.2, 0.25) is 0 Å². The number of benzene rings is 1. The SMILES string of the molecule is Cn1ncc2c3ccccc3n(CCCC(=O)NCCC3=CCCCC3)c2c1=O. The second-order valence-corrected chi connectivity index (χ2v) is 7.82. The Morgan fingerprint density at radius 3 is 2.90 bits per heavy atom. The standard InChI is InChI=1S/C23H28N4O2/c1-26-23(29)22-19(16-25-26)18-10-5-6-11-20(18)27(22)15-7-12-21(28)24-14-13-17-8-3-2-4-9-17/h5-6,8,10-11,16H,2-4,7,9,12-15H2,1H3,(H,24,28). The molecule has 1 aromatic carbocycles. The van der Waals surface area contributed by atoms with E-state index < -0.39 is 0 Å². The summed E-state index contributed by atoms with van der Waals surface area (Å²) in [5.74, 6) is 0.0803. The first-order valence-electron chi connectivity index (χ1n) is 10.5. The van der Waals surface area contributed by atoms with Gasteiger partial charge in [0.1, 0.15) is 5.52 Å².